The molecule has 0 fully saturated rings. The molecule has 0 spiro atoms. The van der Waals surface area contributed by atoms with Crippen molar-refractivity contribution in [3.63, 3.8) is 0 Å². The van der Waals surface area contributed by atoms with Gasteiger partial charge in [-0.25, -0.2) is 9.97 Å². The van der Waals surface area contributed by atoms with Crippen LogP contribution >= 0.6 is 11.8 Å². The van der Waals surface area contributed by atoms with Crippen molar-refractivity contribution in [3.05, 3.63) is 34.6 Å². The van der Waals surface area contributed by atoms with E-state index in [0.29, 0.717) is 10.7 Å². The Bertz CT molecular complexity index is 1020. The monoisotopic (exact) mass is 422 g/mol. The van der Waals surface area contributed by atoms with Gasteiger partial charge in [0.05, 0.1) is 0 Å². The second-order valence-corrected chi connectivity index (χ2v) is 12.2. The van der Waals surface area contributed by atoms with Crippen LogP contribution < -0.4 is 0 Å². The van der Waals surface area contributed by atoms with Crippen molar-refractivity contribution in [1.82, 2.24) is 9.97 Å². The van der Waals surface area contributed by atoms with E-state index >= 15 is 0 Å². The molecule has 30 heavy (non-hydrogen) atoms. The molecule has 0 unspecified atom stereocenters. The maximum atomic E-state index is 11.0. The third kappa shape index (κ3) is 5.12. The van der Waals surface area contributed by atoms with Gasteiger partial charge in [0.1, 0.15) is 28.6 Å². The number of hydrogen-bond acceptors (Lipinski definition) is 6. The predicted octanol–water partition coefficient (Wildman–Crippen LogP) is 6.08. The molecule has 0 amide bonds. The first kappa shape index (κ1) is 23.7. The first-order chi connectivity index (χ1) is 13.6. The van der Waals surface area contributed by atoms with E-state index in [0.717, 1.165) is 16.7 Å². The van der Waals surface area contributed by atoms with Crippen molar-refractivity contribution in [3.8, 4) is 29.1 Å². The van der Waals surface area contributed by atoms with Crippen LogP contribution in [-0.4, -0.2) is 19.8 Å². The molecule has 1 heterocycles. The fourth-order valence-corrected chi connectivity index (χ4v) is 4.02. The molecule has 0 aliphatic rings. The lowest BCUT2D eigenvalue weighted by atomic mass is 9.78. The topological polar surface area (TPSA) is 93.6 Å². The van der Waals surface area contributed by atoms with Gasteiger partial charge in [0.25, 0.3) is 0 Å². The molecule has 6 heteroatoms. The van der Waals surface area contributed by atoms with Crippen LogP contribution in [-0.2, 0) is 10.8 Å². The third-order valence-corrected chi connectivity index (χ3v) is 5.57. The molecule has 1 aromatic carbocycles. The number of aromatic hydroxyl groups is 1. The van der Waals surface area contributed by atoms with Crippen LogP contribution in [0.25, 0.3) is 11.3 Å². The van der Waals surface area contributed by atoms with Crippen LogP contribution in [0, 0.1) is 22.7 Å². The summed E-state index contributed by atoms with van der Waals surface area (Å²) in [5, 5.41) is 30.6. The highest BCUT2D eigenvalue weighted by Crippen LogP contribution is 2.44. The summed E-state index contributed by atoms with van der Waals surface area (Å²) in [6, 6.07) is 7.83. The average Bonchev–Trinajstić information content (AvgIpc) is 2.58. The van der Waals surface area contributed by atoms with Crippen LogP contribution in [0.3, 0.4) is 0 Å². The number of nitriles is 2. The van der Waals surface area contributed by atoms with Gasteiger partial charge in [-0.15, -0.1) is 0 Å². The summed E-state index contributed by atoms with van der Waals surface area (Å²) in [5.41, 5.74) is 2.39. The lowest BCUT2D eigenvalue weighted by Crippen LogP contribution is -2.18. The van der Waals surface area contributed by atoms with Crippen molar-refractivity contribution in [2.75, 3.05) is 0 Å². The summed E-state index contributed by atoms with van der Waals surface area (Å²) < 4.78 is -0.166. The Morgan fingerprint density at radius 3 is 1.60 bits per heavy atom. The maximum Gasteiger partial charge on any atom is 0.178 e. The molecule has 0 radical (unpaired) electrons. The summed E-state index contributed by atoms with van der Waals surface area (Å²) in [6.45, 7) is 18.5. The number of benzene rings is 1. The molecule has 0 saturated heterocycles. The highest BCUT2D eigenvalue weighted by Gasteiger charge is 2.29. The van der Waals surface area contributed by atoms with Crippen LogP contribution in [0.2, 0.25) is 0 Å². The Morgan fingerprint density at radius 1 is 0.800 bits per heavy atom. The Labute approximate surface area is 184 Å². The summed E-state index contributed by atoms with van der Waals surface area (Å²) in [5.74, 6) is 0.283. The fourth-order valence-electron chi connectivity index (χ4n) is 3.04. The number of nitrogens with zero attached hydrogens (tertiary/aromatic N) is 4. The first-order valence-corrected chi connectivity index (χ1v) is 10.7. The predicted molar refractivity (Wildman–Crippen MR) is 122 cm³/mol. The van der Waals surface area contributed by atoms with Crippen LogP contribution in [0.5, 0.6) is 5.75 Å². The molecular formula is C24H30N4OS. The zero-order chi connectivity index (χ0) is 23.1. The molecule has 0 atom stereocenters. The van der Waals surface area contributed by atoms with Crippen LogP contribution in [0.4, 0.5) is 0 Å². The van der Waals surface area contributed by atoms with Crippen molar-refractivity contribution < 1.29 is 5.11 Å². The van der Waals surface area contributed by atoms with Crippen molar-refractivity contribution >= 4 is 11.8 Å². The minimum atomic E-state index is -0.296. The quantitative estimate of drug-likeness (QED) is 0.590. The van der Waals surface area contributed by atoms with Gasteiger partial charge < -0.3 is 5.11 Å². The zero-order valence-electron chi connectivity index (χ0n) is 19.3. The van der Waals surface area contributed by atoms with Crippen molar-refractivity contribution in [2.45, 2.75) is 82.9 Å². The smallest absolute Gasteiger partial charge is 0.178 e. The number of hydrogen-bond donors (Lipinski definition) is 1. The molecule has 1 aromatic heterocycles. The van der Waals surface area contributed by atoms with Gasteiger partial charge in [-0.1, -0.05) is 74.1 Å². The normalized spacial score (nSPS) is 12.4. The van der Waals surface area contributed by atoms with E-state index in [-0.39, 0.29) is 32.7 Å². The molecular weight excluding hydrogens is 392 g/mol. The van der Waals surface area contributed by atoms with Gasteiger partial charge >= 0.3 is 0 Å². The number of phenols is 1. The SMILES string of the molecule is CC(C)(C)Sc1nc(C#N)c(C#N)nc1-c1cc(C(C)(C)C)c(O)c(C(C)(C)C)c1. The Kier molecular flexibility index (Phi) is 6.27. The van der Waals surface area contributed by atoms with E-state index in [1.54, 1.807) is 0 Å². The molecule has 158 valence electrons. The first-order valence-electron chi connectivity index (χ1n) is 9.88. The summed E-state index contributed by atoms with van der Waals surface area (Å²) in [6.07, 6.45) is 0. The summed E-state index contributed by atoms with van der Waals surface area (Å²) in [7, 11) is 0. The van der Waals surface area contributed by atoms with E-state index < -0.39 is 0 Å². The second-order valence-electron chi connectivity index (χ2n) is 10.4. The van der Waals surface area contributed by atoms with E-state index in [2.05, 4.69) is 30.7 Å². The second kappa shape index (κ2) is 7.93. The molecule has 0 saturated carbocycles. The Balaban J connectivity index is 2.95. The van der Waals surface area contributed by atoms with E-state index in [4.69, 9.17) is 0 Å². The van der Waals surface area contributed by atoms with E-state index in [1.807, 2.05) is 65.8 Å². The van der Waals surface area contributed by atoms with Gasteiger partial charge in [0, 0.05) is 21.4 Å². The molecule has 0 aliphatic heterocycles. The highest BCUT2D eigenvalue weighted by molar-refractivity contribution is 8.00. The molecule has 0 bridgehead atoms. The van der Waals surface area contributed by atoms with Gasteiger partial charge in [0.15, 0.2) is 11.4 Å². The molecule has 0 aliphatic carbocycles. The minimum absolute atomic E-state index is 0.00783. The minimum Gasteiger partial charge on any atom is -0.507 e. The number of thioether (sulfide) groups is 1. The van der Waals surface area contributed by atoms with Crippen LogP contribution in [0.15, 0.2) is 17.2 Å². The van der Waals surface area contributed by atoms with Gasteiger partial charge in [0.2, 0.25) is 0 Å². The molecule has 2 aromatic rings. The van der Waals surface area contributed by atoms with E-state index in [1.165, 1.54) is 11.8 Å². The largest absolute Gasteiger partial charge is 0.507 e. The summed E-state index contributed by atoms with van der Waals surface area (Å²) >= 11 is 1.51. The van der Waals surface area contributed by atoms with Crippen molar-refractivity contribution in [1.29, 1.82) is 10.5 Å². The maximum absolute atomic E-state index is 11.0. The lowest BCUT2D eigenvalue weighted by molar-refractivity contribution is 0.423. The standard InChI is InChI=1S/C24H30N4OS/c1-22(2,3)15-10-14(11-16(20(15)29)23(4,5)6)19-21(30-24(7,8)9)28-18(13-26)17(12-25)27-19/h10-11,29H,1-9H3. The van der Waals surface area contributed by atoms with Gasteiger partial charge in [-0.3, -0.25) is 0 Å². The van der Waals surface area contributed by atoms with Gasteiger partial charge in [-0.2, -0.15) is 10.5 Å². The highest BCUT2D eigenvalue weighted by atomic mass is 32.2. The Morgan fingerprint density at radius 2 is 1.23 bits per heavy atom. The number of phenolic OH excluding ortho intramolecular Hbond substituents is 1. The fraction of sp³-hybridized carbons (Fsp3) is 0.500. The Hall–Kier alpha value is -2.57. The van der Waals surface area contributed by atoms with Crippen molar-refractivity contribution in [2.24, 2.45) is 0 Å². The van der Waals surface area contributed by atoms with Gasteiger partial charge in [-0.05, 0) is 23.0 Å². The summed E-state index contributed by atoms with van der Waals surface area (Å²) in [4.78, 5) is 9.03. The van der Waals surface area contributed by atoms with E-state index in [9.17, 15) is 15.6 Å². The molecule has 5 nitrogen and oxygen atoms in total. The molecule has 1 N–H and O–H groups in total. The lowest BCUT2D eigenvalue weighted by Gasteiger charge is -2.28. The van der Waals surface area contributed by atoms with Crippen LogP contribution in [0.1, 0.15) is 84.8 Å². The zero-order valence-corrected chi connectivity index (χ0v) is 20.1. The average molecular weight is 423 g/mol. The number of rotatable bonds is 2. The number of aromatic nitrogens is 2. The third-order valence-electron chi connectivity index (χ3n) is 4.48. The molecule has 2 rings (SSSR count).